The summed E-state index contributed by atoms with van der Waals surface area (Å²) in [6.07, 6.45) is 4.50. The molecule has 0 fully saturated rings. The van der Waals surface area contributed by atoms with Crippen LogP contribution in [0.3, 0.4) is 0 Å². The third kappa shape index (κ3) is 2.06. The molecule has 0 aromatic carbocycles. The van der Waals surface area contributed by atoms with E-state index in [2.05, 4.69) is 44.9 Å². The molecule has 1 heteroatoms. The second-order valence-corrected chi connectivity index (χ2v) is 5.45. The average molecular weight is 203 g/mol. The van der Waals surface area contributed by atoms with Gasteiger partial charge in [-0.3, -0.25) is 4.98 Å². The van der Waals surface area contributed by atoms with Gasteiger partial charge in [0.05, 0.1) is 0 Å². The normalized spacial score (nSPS) is 24.6. The monoisotopic (exact) mass is 203 g/mol. The maximum atomic E-state index is 4.64. The maximum Gasteiger partial charge on any atom is 0.0466 e. The SMILES string of the molecule is CC(C)Cc1cnc2c(c1)C(C)CC2C. The molecule has 0 saturated carbocycles. The Hall–Kier alpha value is -0.850. The predicted molar refractivity (Wildman–Crippen MR) is 64.2 cm³/mol. The van der Waals surface area contributed by atoms with Crippen molar-refractivity contribution >= 4 is 0 Å². The quantitative estimate of drug-likeness (QED) is 0.710. The van der Waals surface area contributed by atoms with Crippen molar-refractivity contribution in [2.45, 2.75) is 52.4 Å². The molecule has 1 aliphatic carbocycles. The van der Waals surface area contributed by atoms with Gasteiger partial charge < -0.3 is 0 Å². The lowest BCUT2D eigenvalue weighted by atomic mass is 9.99. The zero-order valence-electron chi connectivity index (χ0n) is 10.2. The van der Waals surface area contributed by atoms with Crippen LogP contribution >= 0.6 is 0 Å². The van der Waals surface area contributed by atoms with Crippen LogP contribution in [0.1, 0.15) is 62.8 Å². The first-order chi connectivity index (χ1) is 7.08. The standard InChI is InChI=1S/C14H21N/c1-9(2)5-12-7-13-10(3)6-11(4)14(13)15-8-12/h7-11H,5-6H2,1-4H3. The largest absolute Gasteiger partial charge is 0.260 e. The van der Waals surface area contributed by atoms with Crippen LogP contribution in [0.15, 0.2) is 12.3 Å². The first-order valence-electron chi connectivity index (χ1n) is 6.06. The van der Waals surface area contributed by atoms with Gasteiger partial charge >= 0.3 is 0 Å². The van der Waals surface area contributed by atoms with Crippen LogP contribution in [0, 0.1) is 5.92 Å². The van der Waals surface area contributed by atoms with Crippen molar-refractivity contribution in [2.75, 3.05) is 0 Å². The minimum absolute atomic E-state index is 0.656. The number of nitrogens with zero attached hydrogens (tertiary/aromatic N) is 1. The lowest BCUT2D eigenvalue weighted by Gasteiger charge is -2.09. The van der Waals surface area contributed by atoms with E-state index >= 15 is 0 Å². The molecule has 2 rings (SSSR count). The molecule has 2 atom stereocenters. The summed E-state index contributed by atoms with van der Waals surface area (Å²) >= 11 is 0. The van der Waals surface area contributed by atoms with Crippen LogP contribution in [-0.2, 0) is 6.42 Å². The van der Waals surface area contributed by atoms with E-state index in [0.717, 1.165) is 12.3 Å². The van der Waals surface area contributed by atoms with Gasteiger partial charge in [0, 0.05) is 11.9 Å². The molecular weight excluding hydrogens is 182 g/mol. The van der Waals surface area contributed by atoms with Gasteiger partial charge in [-0.15, -0.1) is 0 Å². The van der Waals surface area contributed by atoms with E-state index in [9.17, 15) is 0 Å². The molecule has 1 aromatic heterocycles. The molecule has 1 heterocycles. The lowest BCUT2D eigenvalue weighted by molar-refractivity contribution is 0.644. The van der Waals surface area contributed by atoms with Crippen molar-refractivity contribution in [3.63, 3.8) is 0 Å². The molecule has 0 aliphatic heterocycles. The van der Waals surface area contributed by atoms with E-state index in [0.29, 0.717) is 11.8 Å². The highest BCUT2D eigenvalue weighted by molar-refractivity contribution is 5.35. The summed E-state index contributed by atoms with van der Waals surface area (Å²) in [5.74, 6) is 2.08. The van der Waals surface area contributed by atoms with E-state index in [-0.39, 0.29) is 0 Å². The minimum atomic E-state index is 0.656. The van der Waals surface area contributed by atoms with Crippen molar-refractivity contribution in [1.29, 1.82) is 0 Å². The number of rotatable bonds is 2. The highest BCUT2D eigenvalue weighted by Crippen LogP contribution is 2.40. The molecule has 0 spiro atoms. The Bertz CT molecular complexity index is 354. The summed E-state index contributed by atoms with van der Waals surface area (Å²) in [4.78, 5) is 4.64. The summed E-state index contributed by atoms with van der Waals surface area (Å²) in [5, 5.41) is 0. The molecule has 0 saturated heterocycles. The molecule has 2 unspecified atom stereocenters. The van der Waals surface area contributed by atoms with Crippen LogP contribution < -0.4 is 0 Å². The van der Waals surface area contributed by atoms with Crippen molar-refractivity contribution in [2.24, 2.45) is 5.92 Å². The third-order valence-electron chi connectivity index (χ3n) is 3.35. The topological polar surface area (TPSA) is 12.9 Å². The van der Waals surface area contributed by atoms with E-state index in [1.54, 1.807) is 0 Å². The smallest absolute Gasteiger partial charge is 0.0466 e. The van der Waals surface area contributed by atoms with E-state index in [4.69, 9.17) is 0 Å². The van der Waals surface area contributed by atoms with Gasteiger partial charge in [-0.05, 0) is 41.7 Å². The second kappa shape index (κ2) is 3.96. The first kappa shape index (κ1) is 10.7. The molecule has 1 nitrogen and oxygen atoms in total. The molecule has 0 N–H and O–H groups in total. The number of pyridine rings is 1. The fraction of sp³-hybridized carbons (Fsp3) is 0.643. The van der Waals surface area contributed by atoms with Crippen LogP contribution in [0.2, 0.25) is 0 Å². The minimum Gasteiger partial charge on any atom is -0.260 e. The molecule has 1 aromatic rings. The van der Waals surface area contributed by atoms with Crippen LogP contribution in [-0.4, -0.2) is 4.98 Å². The number of hydrogen-bond donors (Lipinski definition) is 0. The fourth-order valence-electron chi connectivity index (χ4n) is 2.70. The molecule has 0 amide bonds. The highest BCUT2D eigenvalue weighted by atomic mass is 14.7. The van der Waals surface area contributed by atoms with E-state index in [1.807, 2.05) is 0 Å². The molecule has 0 bridgehead atoms. The summed E-state index contributed by atoms with van der Waals surface area (Å²) in [7, 11) is 0. The predicted octanol–water partition coefficient (Wildman–Crippen LogP) is 3.89. The Balaban J connectivity index is 2.30. The number of fused-ring (bicyclic) bond motifs is 1. The van der Waals surface area contributed by atoms with Crippen LogP contribution in [0.5, 0.6) is 0 Å². The van der Waals surface area contributed by atoms with E-state index < -0.39 is 0 Å². The summed E-state index contributed by atoms with van der Waals surface area (Å²) < 4.78 is 0. The van der Waals surface area contributed by atoms with Crippen LogP contribution in [0.25, 0.3) is 0 Å². The molecule has 1 aliphatic rings. The lowest BCUT2D eigenvalue weighted by Crippen LogP contribution is -1.99. The third-order valence-corrected chi connectivity index (χ3v) is 3.35. The zero-order valence-corrected chi connectivity index (χ0v) is 10.2. The molecular formula is C14H21N. The Morgan fingerprint density at radius 2 is 2.07 bits per heavy atom. The highest BCUT2D eigenvalue weighted by Gasteiger charge is 2.26. The van der Waals surface area contributed by atoms with Crippen molar-refractivity contribution in [1.82, 2.24) is 4.98 Å². The van der Waals surface area contributed by atoms with Gasteiger partial charge in [0.1, 0.15) is 0 Å². The summed E-state index contributed by atoms with van der Waals surface area (Å²) in [5.41, 5.74) is 4.25. The van der Waals surface area contributed by atoms with Crippen molar-refractivity contribution < 1.29 is 0 Å². The van der Waals surface area contributed by atoms with Gasteiger partial charge in [0.2, 0.25) is 0 Å². The van der Waals surface area contributed by atoms with Crippen molar-refractivity contribution in [3.05, 3.63) is 29.1 Å². The Kier molecular flexibility index (Phi) is 2.81. The number of hydrogen-bond acceptors (Lipinski definition) is 1. The maximum absolute atomic E-state index is 4.64. The first-order valence-corrected chi connectivity index (χ1v) is 6.06. The Labute approximate surface area is 92.9 Å². The van der Waals surface area contributed by atoms with Crippen LogP contribution in [0.4, 0.5) is 0 Å². The molecule has 0 radical (unpaired) electrons. The fourth-order valence-corrected chi connectivity index (χ4v) is 2.70. The van der Waals surface area contributed by atoms with Gasteiger partial charge in [-0.25, -0.2) is 0 Å². The Morgan fingerprint density at radius 3 is 2.73 bits per heavy atom. The molecule has 82 valence electrons. The second-order valence-electron chi connectivity index (χ2n) is 5.45. The average Bonchev–Trinajstić information content (AvgIpc) is 2.41. The number of aromatic nitrogens is 1. The van der Waals surface area contributed by atoms with Crippen molar-refractivity contribution in [3.8, 4) is 0 Å². The van der Waals surface area contributed by atoms with E-state index in [1.165, 1.54) is 23.2 Å². The van der Waals surface area contributed by atoms with Gasteiger partial charge in [-0.2, -0.15) is 0 Å². The molecule has 15 heavy (non-hydrogen) atoms. The van der Waals surface area contributed by atoms with Gasteiger partial charge in [0.15, 0.2) is 0 Å². The Morgan fingerprint density at radius 1 is 1.33 bits per heavy atom. The summed E-state index contributed by atoms with van der Waals surface area (Å²) in [6.45, 7) is 9.14. The van der Waals surface area contributed by atoms with Gasteiger partial charge in [0.25, 0.3) is 0 Å². The summed E-state index contributed by atoms with van der Waals surface area (Å²) in [6, 6.07) is 2.39. The van der Waals surface area contributed by atoms with Gasteiger partial charge in [-0.1, -0.05) is 33.8 Å². The zero-order chi connectivity index (χ0) is 11.0.